The number of para-hydroxylation sites is 1. The van der Waals surface area contributed by atoms with Crippen molar-refractivity contribution in [1.29, 1.82) is 0 Å². The number of alkyl halides is 3. The Morgan fingerprint density at radius 1 is 1.23 bits per heavy atom. The molecule has 0 aliphatic carbocycles. The number of hydrogen-bond acceptors (Lipinski definition) is 2. The minimum Gasteiger partial charge on any atom is -0.365 e. The standard InChI is InChI=1S/C8H6F3NS/c9-8(10,11)7-12-5-3-1-2-4-6(5)13-7/h1-4,7,12H. The first-order valence-electron chi connectivity index (χ1n) is 3.66. The molecule has 70 valence electrons. The highest BCUT2D eigenvalue weighted by atomic mass is 32.2. The van der Waals surface area contributed by atoms with Crippen molar-refractivity contribution in [3.63, 3.8) is 0 Å². The average Bonchev–Trinajstić information content (AvgIpc) is 2.45. The second-order valence-corrected chi connectivity index (χ2v) is 3.83. The highest BCUT2D eigenvalue weighted by Crippen LogP contribution is 2.44. The van der Waals surface area contributed by atoms with E-state index in [0.29, 0.717) is 10.6 Å². The Kier molecular flexibility index (Phi) is 1.91. The molecule has 0 radical (unpaired) electrons. The van der Waals surface area contributed by atoms with Crippen molar-refractivity contribution in [3.05, 3.63) is 24.3 Å². The van der Waals surface area contributed by atoms with E-state index in [0.717, 1.165) is 11.8 Å². The van der Waals surface area contributed by atoms with E-state index in [2.05, 4.69) is 5.32 Å². The van der Waals surface area contributed by atoms with Gasteiger partial charge in [-0.15, -0.1) is 0 Å². The van der Waals surface area contributed by atoms with Gasteiger partial charge in [0.05, 0.1) is 0 Å². The molecule has 1 nitrogen and oxygen atoms in total. The van der Waals surface area contributed by atoms with E-state index in [4.69, 9.17) is 0 Å². The van der Waals surface area contributed by atoms with Gasteiger partial charge in [-0.3, -0.25) is 0 Å². The molecule has 1 atom stereocenters. The Morgan fingerprint density at radius 2 is 1.92 bits per heavy atom. The summed E-state index contributed by atoms with van der Waals surface area (Å²) < 4.78 is 36.7. The number of fused-ring (bicyclic) bond motifs is 1. The molecule has 1 unspecified atom stereocenters. The van der Waals surface area contributed by atoms with Crippen molar-refractivity contribution >= 4 is 17.4 Å². The van der Waals surface area contributed by atoms with E-state index in [1.165, 1.54) is 0 Å². The van der Waals surface area contributed by atoms with E-state index in [9.17, 15) is 13.2 Å². The molecule has 0 saturated heterocycles. The summed E-state index contributed by atoms with van der Waals surface area (Å²) in [5, 5.41) is 0.917. The largest absolute Gasteiger partial charge is 0.418 e. The van der Waals surface area contributed by atoms with Crippen LogP contribution in [0.2, 0.25) is 0 Å². The Balaban J connectivity index is 2.23. The van der Waals surface area contributed by atoms with Crippen LogP contribution in [0, 0.1) is 0 Å². The molecule has 0 bridgehead atoms. The zero-order valence-electron chi connectivity index (χ0n) is 6.43. The van der Waals surface area contributed by atoms with E-state index in [-0.39, 0.29) is 0 Å². The summed E-state index contributed by atoms with van der Waals surface area (Å²) in [6.07, 6.45) is -4.19. The average molecular weight is 205 g/mol. The molecule has 0 aromatic heterocycles. The van der Waals surface area contributed by atoms with Gasteiger partial charge in [0.2, 0.25) is 0 Å². The molecular formula is C8H6F3NS. The van der Waals surface area contributed by atoms with Gasteiger partial charge < -0.3 is 5.32 Å². The van der Waals surface area contributed by atoms with Gasteiger partial charge in [-0.2, -0.15) is 13.2 Å². The Hall–Kier alpha value is -0.840. The molecule has 0 spiro atoms. The molecule has 13 heavy (non-hydrogen) atoms. The first kappa shape index (κ1) is 8.74. The number of anilines is 1. The number of thioether (sulfide) groups is 1. The number of halogens is 3. The van der Waals surface area contributed by atoms with Gasteiger partial charge >= 0.3 is 6.18 Å². The first-order valence-corrected chi connectivity index (χ1v) is 4.54. The Labute approximate surface area is 77.3 Å². The number of benzene rings is 1. The third kappa shape index (κ3) is 1.60. The van der Waals surface area contributed by atoms with Gasteiger partial charge in [0, 0.05) is 10.6 Å². The van der Waals surface area contributed by atoms with Crippen LogP contribution in [0.15, 0.2) is 29.2 Å². The Morgan fingerprint density at radius 3 is 2.54 bits per heavy atom. The third-order valence-corrected chi connectivity index (χ3v) is 2.95. The topological polar surface area (TPSA) is 12.0 Å². The zero-order chi connectivity index (χ0) is 9.47. The lowest BCUT2D eigenvalue weighted by atomic mass is 10.3. The normalized spacial score (nSPS) is 21.0. The number of rotatable bonds is 0. The van der Waals surface area contributed by atoms with Crippen molar-refractivity contribution in [2.45, 2.75) is 16.4 Å². The van der Waals surface area contributed by atoms with Crippen molar-refractivity contribution < 1.29 is 13.2 Å². The summed E-state index contributed by atoms with van der Waals surface area (Å²) in [5.41, 5.74) is 0.565. The predicted octanol–water partition coefficient (Wildman–Crippen LogP) is 3.09. The maximum Gasteiger partial charge on any atom is 0.418 e. The van der Waals surface area contributed by atoms with E-state index in [1.807, 2.05) is 0 Å². The van der Waals surface area contributed by atoms with Crippen molar-refractivity contribution in [2.24, 2.45) is 0 Å². The molecule has 1 aromatic rings. The second kappa shape index (κ2) is 2.83. The lowest BCUT2D eigenvalue weighted by Crippen LogP contribution is -2.29. The van der Waals surface area contributed by atoms with Gasteiger partial charge in [-0.05, 0) is 12.1 Å². The lowest BCUT2D eigenvalue weighted by molar-refractivity contribution is -0.123. The molecule has 1 aliphatic heterocycles. The monoisotopic (exact) mass is 205 g/mol. The Bertz CT molecular complexity index is 298. The minimum atomic E-state index is -4.19. The maximum atomic E-state index is 12.2. The first-order chi connectivity index (χ1) is 6.07. The van der Waals surface area contributed by atoms with Crippen LogP contribution in [0.1, 0.15) is 0 Å². The second-order valence-electron chi connectivity index (χ2n) is 2.68. The summed E-state index contributed by atoms with van der Waals surface area (Å²) in [4.78, 5) is 0.657. The van der Waals surface area contributed by atoms with E-state index >= 15 is 0 Å². The molecule has 5 heteroatoms. The fourth-order valence-corrected chi connectivity index (χ4v) is 2.12. The molecule has 1 N–H and O–H groups in total. The summed E-state index contributed by atoms with van der Waals surface area (Å²) >= 11 is 0.807. The number of hydrogen-bond donors (Lipinski definition) is 1. The molecule has 1 heterocycles. The molecule has 2 rings (SSSR count). The van der Waals surface area contributed by atoms with Crippen LogP contribution < -0.4 is 5.32 Å². The van der Waals surface area contributed by atoms with E-state index in [1.54, 1.807) is 24.3 Å². The fraction of sp³-hybridized carbons (Fsp3) is 0.250. The van der Waals surface area contributed by atoms with Crippen LogP contribution in [0.3, 0.4) is 0 Å². The lowest BCUT2D eigenvalue weighted by Gasteiger charge is -2.13. The molecule has 0 saturated carbocycles. The molecule has 1 aromatic carbocycles. The molecule has 1 aliphatic rings. The van der Waals surface area contributed by atoms with Crippen LogP contribution >= 0.6 is 11.8 Å². The van der Waals surface area contributed by atoms with Crippen LogP contribution in [0.25, 0.3) is 0 Å². The van der Waals surface area contributed by atoms with Gasteiger partial charge in [0.25, 0.3) is 0 Å². The van der Waals surface area contributed by atoms with Gasteiger partial charge in [-0.1, -0.05) is 23.9 Å². The van der Waals surface area contributed by atoms with Gasteiger partial charge in [0.1, 0.15) is 0 Å². The molecular weight excluding hydrogens is 199 g/mol. The molecule has 0 fully saturated rings. The summed E-state index contributed by atoms with van der Waals surface area (Å²) in [6, 6.07) is 6.77. The maximum absolute atomic E-state index is 12.2. The van der Waals surface area contributed by atoms with Crippen LogP contribution in [-0.4, -0.2) is 11.6 Å². The zero-order valence-corrected chi connectivity index (χ0v) is 7.25. The van der Waals surface area contributed by atoms with Gasteiger partial charge in [-0.25, -0.2) is 0 Å². The quantitative estimate of drug-likeness (QED) is 0.698. The summed E-state index contributed by atoms with van der Waals surface area (Å²) in [6.45, 7) is 0. The van der Waals surface area contributed by atoms with Crippen LogP contribution in [0.5, 0.6) is 0 Å². The summed E-state index contributed by atoms with van der Waals surface area (Å²) in [5.74, 6) is 0. The smallest absolute Gasteiger partial charge is 0.365 e. The fourth-order valence-electron chi connectivity index (χ4n) is 1.13. The SMILES string of the molecule is FC(F)(F)C1Nc2ccccc2S1. The third-order valence-electron chi connectivity index (χ3n) is 1.72. The van der Waals surface area contributed by atoms with Gasteiger partial charge in [0.15, 0.2) is 5.37 Å². The highest BCUT2D eigenvalue weighted by Gasteiger charge is 2.43. The minimum absolute atomic E-state index is 0.565. The van der Waals surface area contributed by atoms with Crippen molar-refractivity contribution in [2.75, 3.05) is 5.32 Å². The van der Waals surface area contributed by atoms with Crippen molar-refractivity contribution in [3.8, 4) is 0 Å². The van der Waals surface area contributed by atoms with Crippen LogP contribution in [0.4, 0.5) is 18.9 Å². The van der Waals surface area contributed by atoms with Crippen LogP contribution in [-0.2, 0) is 0 Å². The number of nitrogens with one attached hydrogen (secondary N) is 1. The van der Waals surface area contributed by atoms with Crippen molar-refractivity contribution in [1.82, 2.24) is 0 Å². The predicted molar refractivity (Wildman–Crippen MR) is 45.8 cm³/mol. The summed E-state index contributed by atoms with van der Waals surface area (Å²) in [7, 11) is 0. The van der Waals surface area contributed by atoms with E-state index < -0.39 is 11.6 Å². The highest BCUT2D eigenvalue weighted by molar-refractivity contribution is 8.00. The molecule has 0 amide bonds.